The molecular weight excluding hydrogens is 400 g/mol. The fourth-order valence-corrected chi connectivity index (χ4v) is 4.16. The first kappa shape index (κ1) is 20.1. The van der Waals surface area contributed by atoms with Crippen molar-refractivity contribution in [1.29, 1.82) is 0 Å². The minimum absolute atomic E-state index is 0.158. The van der Waals surface area contributed by atoms with Gasteiger partial charge >= 0.3 is 0 Å². The fraction of sp³-hybridized carbons (Fsp3) is 0.381. The molecule has 0 radical (unpaired) electrons. The van der Waals surface area contributed by atoms with Crippen LogP contribution in [0, 0.1) is 0 Å². The van der Waals surface area contributed by atoms with E-state index in [1.54, 1.807) is 30.3 Å². The Morgan fingerprint density at radius 2 is 1.90 bits per heavy atom. The number of halogens is 1. The molecule has 29 heavy (non-hydrogen) atoms. The van der Waals surface area contributed by atoms with E-state index in [1.165, 1.54) is 0 Å². The number of phenolic OH excluding ortho intramolecular Hbond substituents is 1. The summed E-state index contributed by atoms with van der Waals surface area (Å²) in [7, 11) is 0. The highest BCUT2D eigenvalue weighted by atomic mass is 35.5. The number of carbonyl (C=O) groups excluding carboxylic acids is 1. The molecule has 8 heteroatoms. The van der Waals surface area contributed by atoms with Crippen LogP contribution in [0.15, 0.2) is 30.3 Å². The number of ether oxygens (including phenoxy) is 2. The number of fused-ring (bicyclic) bond motifs is 1. The Balaban J connectivity index is 1.76. The molecule has 7 nitrogen and oxygen atoms in total. The lowest BCUT2D eigenvalue weighted by atomic mass is 9.87. The fourth-order valence-electron chi connectivity index (χ4n) is 3.87. The lowest BCUT2D eigenvalue weighted by Gasteiger charge is -2.36. The highest BCUT2D eigenvalue weighted by Crippen LogP contribution is 2.44. The third-order valence-electron chi connectivity index (χ3n) is 5.39. The number of benzene rings is 2. The van der Waals surface area contributed by atoms with E-state index in [-0.39, 0.29) is 5.75 Å². The summed E-state index contributed by atoms with van der Waals surface area (Å²) in [4.78, 5) is 12.0. The zero-order valence-corrected chi connectivity index (χ0v) is 16.2. The Labute approximate surface area is 172 Å². The molecule has 1 unspecified atom stereocenters. The van der Waals surface area contributed by atoms with Gasteiger partial charge in [0, 0.05) is 12.0 Å². The molecule has 2 aliphatic heterocycles. The van der Waals surface area contributed by atoms with Crippen LogP contribution in [0.25, 0.3) is 0 Å². The largest absolute Gasteiger partial charge is 0.508 e. The van der Waals surface area contributed by atoms with Gasteiger partial charge in [0.1, 0.15) is 35.9 Å². The predicted molar refractivity (Wildman–Crippen MR) is 103 cm³/mol. The molecule has 1 fully saturated rings. The van der Waals surface area contributed by atoms with E-state index >= 15 is 0 Å². The van der Waals surface area contributed by atoms with Crippen LogP contribution in [-0.4, -0.2) is 57.7 Å². The molecule has 2 heterocycles. The van der Waals surface area contributed by atoms with Crippen LogP contribution >= 0.6 is 11.6 Å². The summed E-state index contributed by atoms with van der Waals surface area (Å²) in [6.07, 6.45) is -4.36. The van der Waals surface area contributed by atoms with Gasteiger partial charge in [-0.15, -0.1) is 0 Å². The first-order valence-electron chi connectivity index (χ1n) is 9.31. The monoisotopic (exact) mass is 420 g/mol. The molecule has 2 aliphatic rings. The van der Waals surface area contributed by atoms with Crippen LogP contribution in [-0.2, 0) is 22.4 Å². The zero-order valence-electron chi connectivity index (χ0n) is 15.4. The van der Waals surface area contributed by atoms with Crippen molar-refractivity contribution in [2.24, 2.45) is 0 Å². The normalized spacial score (nSPS) is 26.3. The lowest BCUT2D eigenvalue weighted by Crippen LogP contribution is -2.52. The average Bonchev–Trinajstić information content (AvgIpc) is 3.21. The zero-order chi connectivity index (χ0) is 20.7. The van der Waals surface area contributed by atoms with E-state index in [2.05, 4.69) is 0 Å². The maximum Gasteiger partial charge on any atom is 0.195 e. The second kappa shape index (κ2) is 7.93. The van der Waals surface area contributed by atoms with Gasteiger partial charge in [-0.3, -0.25) is 4.79 Å². The highest BCUT2D eigenvalue weighted by molar-refractivity contribution is 6.33. The minimum Gasteiger partial charge on any atom is -0.508 e. The second-order valence-corrected chi connectivity index (χ2v) is 7.63. The Kier molecular flexibility index (Phi) is 5.50. The van der Waals surface area contributed by atoms with Gasteiger partial charge < -0.3 is 29.9 Å². The number of ketones is 1. The summed E-state index contributed by atoms with van der Waals surface area (Å²) in [5.74, 6) is -0.0895. The summed E-state index contributed by atoms with van der Waals surface area (Å²) in [5.41, 5.74) is 2.96. The van der Waals surface area contributed by atoms with Crippen molar-refractivity contribution in [3.8, 4) is 11.5 Å². The standard InChI is InChI=1S/C21H21ClO7/c22-16-11(7-10-1-3-12(24)4-2-10)8-14(13-5-6-28-20(13)16)21-19(27)18(26)17(25)15(9-23)29-21/h1-4,8,15,18-19,21,23-24,26-27H,5-7,9H2/t15-,18+,19?,21+/m1/s1. The molecule has 0 amide bonds. The van der Waals surface area contributed by atoms with E-state index in [0.29, 0.717) is 35.8 Å². The summed E-state index contributed by atoms with van der Waals surface area (Å²) < 4.78 is 11.4. The molecule has 4 N–H and O–H groups in total. The molecule has 4 rings (SSSR count). The SMILES string of the molecule is O=C1[C@@H](CO)O[C@@H](c2cc(Cc3ccc(O)cc3)c(Cl)c3c2CCO3)C(O)[C@H]1O. The van der Waals surface area contributed by atoms with Crippen molar-refractivity contribution < 1.29 is 34.7 Å². The van der Waals surface area contributed by atoms with Crippen molar-refractivity contribution in [3.63, 3.8) is 0 Å². The number of Topliss-reactive ketones (excluding diaryl/α,β-unsaturated/α-hetero) is 1. The van der Waals surface area contributed by atoms with Gasteiger partial charge in [0.05, 0.1) is 18.2 Å². The maximum atomic E-state index is 12.0. The number of rotatable bonds is 4. The summed E-state index contributed by atoms with van der Waals surface area (Å²) in [5, 5.41) is 40.0. The van der Waals surface area contributed by atoms with Crippen molar-refractivity contribution in [2.45, 2.75) is 37.3 Å². The number of aliphatic hydroxyl groups excluding tert-OH is 3. The van der Waals surface area contributed by atoms with Crippen LogP contribution in [0.2, 0.25) is 5.02 Å². The summed E-state index contributed by atoms with van der Waals surface area (Å²) >= 11 is 6.57. The molecule has 4 atom stereocenters. The second-order valence-electron chi connectivity index (χ2n) is 7.25. The van der Waals surface area contributed by atoms with E-state index in [0.717, 1.165) is 16.7 Å². The molecule has 0 aromatic heterocycles. The molecule has 0 saturated carbocycles. The van der Waals surface area contributed by atoms with E-state index in [9.17, 15) is 25.2 Å². The first-order chi connectivity index (χ1) is 13.9. The molecule has 154 valence electrons. The topological polar surface area (TPSA) is 116 Å². The smallest absolute Gasteiger partial charge is 0.195 e. The third-order valence-corrected chi connectivity index (χ3v) is 5.80. The Bertz CT molecular complexity index is 924. The van der Waals surface area contributed by atoms with Gasteiger partial charge in [0.25, 0.3) is 0 Å². The number of carbonyl (C=O) groups is 1. The van der Waals surface area contributed by atoms with Gasteiger partial charge in [-0.2, -0.15) is 0 Å². The molecule has 2 aromatic rings. The maximum absolute atomic E-state index is 12.0. The van der Waals surface area contributed by atoms with Crippen molar-refractivity contribution in [2.75, 3.05) is 13.2 Å². The highest BCUT2D eigenvalue weighted by Gasteiger charge is 2.45. The van der Waals surface area contributed by atoms with Gasteiger partial charge in [0.2, 0.25) is 0 Å². The van der Waals surface area contributed by atoms with Gasteiger partial charge in [0.15, 0.2) is 5.78 Å². The van der Waals surface area contributed by atoms with E-state index < -0.39 is 36.8 Å². The summed E-state index contributed by atoms with van der Waals surface area (Å²) in [6, 6.07) is 8.49. The number of hydrogen-bond donors (Lipinski definition) is 4. The number of aromatic hydroxyl groups is 1. The molecule has 2 aromatic carbocycles. The molecule has 0 bridgehead atoms. The molecule has 0 aliphatic carbocycles. The minimum atomic E-state index is -1.65. The van der Waals surface area contributed by atoms with E-state index in [4.69, 9.17) is 21.1 Å². The Morgan fingerprint density at radius 1 is 1.17 bits per heavy atom. The van der Waals surface area contributed by atoms with Crippen LogP contribution in [0.5, 0.6) is 11.5 Å². The van der Waals surface area contributed by atoms with E-state index in [1.807, 2.05) is 0 Å². The van der Waals surface area contributed by atoms with Crippen molar-refractivity contribution in [3.05, 3.63) is 57.6 Å². The third kappa shape index (κ3) is 3.60. The van der Waals surface area contributed by atoms with Gasteiger partial charge in [-0.1, -0.05) is 29.8 Å². The van der Waals surface area contributed by atoms with Crippen LogP contribution in [0.3, 0.4) is 0 Å². The number of aliphatic hydroxyl groups is 3. The van der Waals surface area contributed by atoms with Crippen LogP contribution < -0.4 is 4.74 Å². The van der Waals surface area contributed by atoms with Crippen LogP contribution in [0.1, 0.15) is 28.4 Å². The molecular formula is C21H21ClO7. The quantitative estimate of drug-likeness (QED) is 0.589. The number of phenols is 1. The number of hydrogen-bond acceptors (Lipinski definition) is 7. The van der Waals surface area contributed by atoms with Crippen molar-refractivity contribution >= 4 is 17.4 Å². The first-order valence-corrected chi connectivity index (χ1v) is 9.69. The van der Waals surface area contributed by atoms with Crippen molar-refractivity contribution in [1.82, 2.24) is 0 Å². The Morgan fingerprint density at radius 3 is 2.59 bits per heavy atom. The predicted octanol–water partition coefficient (Wildman–Crippen LogP) is 1.29. The molecule has 1 saturated heterocycles. The Hall–Kier alpha value is -2.16. The van der Waals surface area contributed by atoms with Gasteiger partial charge in [-0.05, 0) is 35.2 Å². The summed E-state index contributed by atoms with van der Waals surface area (Å²) in [6.45, 7) is -0.176. The molecule has 0 spiro atoms. The van der Waals surface area contributed by atoms with Crippen LogP contribution in [0.4, 0.5) is 0 Å². The average molecular weight is 421 g/mol. The lowest BCUT2D eigenvalue weighted by molar-refractivity contribution is -0.188. The van der Waals surface area contributed by atoms with Gasteiger partial charge in [-0.25, -0.2) is 0 Å².